The van der Waals surface area contributed by atoms with Gasteiger partial charge in [0.05, 0.1) is 0 Å². The monoisotopic (exact) mass is 218 g/mol. The molecule has 0 aliphatic heterocycles. The number of aliphatic carboxylic acids is 1. The topological polar surface area (TPSA) is 46.5 Å². The summed E-state index contributed by atoms with van der Waals surface area (Å²) in [4.78, 5) is 10.4. The van der Waals surface area contributed by atoms with E-state index in [1.54, 1.807) is 0 Å². The Labute approximate surface area is 87.6 Å². The van der Waals surface area contributed by atoms with Gasteiger partial charge in [0.2, 0.25) is 0 Å². The van der Waals surface area contributed by atoms with Gasteiger partial charge >= 0.3 is 5.97 Å². The molecular weight excluding hydrogens is 196 g/mol. The molecule has 0 heterocycles. The van der Waals surface area contributed by atoms with Crippen molar-refractivity contribution < 1.29 is 14.3 Å². The minimum atomic E-state index is -1.57. The van der Waals surface area contributed by atoms with Gasteiger partial charge in [0.15, 0.2) is 8.32 Å². The molecule has 0 fully saturated rings. The largest absolute Gasteiger partial charge is 0.481 e. The average molecular weight is 218 g/mol. The fourth-order valence-electron chi connectivity index (χ4n) is 1.75. The lowest BCUT2D eigenvalue weighted by molar-refractivity contribution is -0.137. The highest BCUT2D eigenvalue weighted by Gasteiger charge is 2.29. The number of rotatable bonds is 8. The van der Waals surface area contributed by atoms with Crippen LogP contribution < -0.4 is 0 Å². The van der Waals surface area contributed by atoms with Crippen LogP contribution in [-0.4, -0.2) is 26.0 Å². The van der Waals surface area contributed by atoms with Gasteiger partial charge in [-0.1, -0.05) is 13.8 Å². The third-order valence-corrected chi connectivity index (χ3v) is 7.51. The van der Waals surface area contributed by atoms with E-state index in [1.807, 2.05) is 6.92 Å². The molecule has 0 aromatic rings. The molecule has 0 saturated carbocycles. The third-order valence-electron chi connectivity index (χ3n) is 2.76. The van der Waals surface area contributed by atoms with Crippen LogP contribution in [0.4, 0.5) is 0 Å². The summed E-state index contributed by atoms with van der Waals surface area (Å²) in [6.07, 6.45) is 1.05. The van der Waals surface area contributed by atoms with Crippen molar-refractivity contribution in [3.05, 3.63) is 0 Å². The molecule has 0 spiro atoms. The molecule has 0 radical (unpaired) electrons. The Morgan fingerprint density at radius 1 is 1.29 bits per heavy atom. The quantitative estimate of drug-likeness (QED) is 0.637. The van der Waals surface area contributed by atoms with Crippen molar-refractivity contribution in [1.29, 1.82) is 0 Å². The average Bonchev–Trinajstić information content (AvgIpc) is 2.16. The van der Waals surface area contributed by atoms with Crippen molar-refractivity contribution >= 4 is 14.3 Å². The molecule has 0 saturated heterocycles. The van der Waals surface area contributed by atoms with Crippen LogP contribution in [0.25, 0.3) is 0 Å². The Morgan fingerprint density at radius 3 is 2.21 bits per heavy atom. The van der Waals surface area contributed by atoms with E-state index >= 15 is 0 Å². The summed E-state index contributed by atoms with van der Waals surface area (Å²) in [6, 6.07) is 3.17. The minimum absolute atomic E-state index is 0.280. The lowest BCUT2D eigenvalue weighted by Gasteiger charge is -2.28. The fourth-order valence-corrected chi connectivity index (χ4v) is 4.94. The van der Waals surface area contributed by atoms with E-state index in [4.69, 9.17) is 9.53 Å². The van der Waals surface area contributed by atoms with Crippen molar-refractivity contribution in [1.82, 2.24) is 0 Å². The highest BCUT2D eigenvalue weighted by molar-refractivity contribution is 6.73. The van der Waals surface area contributed by atoms with Gasteiger partial charge in [0.1, 0.15) is 0 Å². The standard InChI is InChI=1S/C10H22O3Si/c1-4-13-14(5-2,6-3)9-7-8-10(11)12/h4-9H2,1-3H3,(H,11,12). The molecule has 84 valence electrons. The molecule has 14 heavy (non-hydrogen) atoms. The Hall–Kier alpha value is -0.353. The molecule has 1 N–H and O–H groups in total. The number of carbonyl (C=O) groups is 1. The highest BCUT2D eigenvalue weighted by Crippen LogP contribution is 2.24. The van der Waals surface area contributed by atoms with E-state index in [0.717, 1.165) is 31.2 Å². The molecule has 0 unspecified atom stereocenters. The smallest absolute Gasteiger partial charge is 0.303 e. The summed E-state index contributed by atoms with van der Waals surface area (Å²) < 4.78 is 5.86. The molecule has 0 aromatic heterocycles. The maximum absolute atomic E-state index is 10.4. The van der Waals surface area contributed by atoms with Crippen molar-refractivity contribution in [2.24, 2.45) is 0 Å². The summed E-state index contributed by atoms with van der Waals surface area (Å²) in [7, 11) is -1.57. The van der Waals surface area contributed by atoms with Gasteiger partial charge in [-0.15, -0.1) is 0 Å². The van der Waals surface area contributed by atoms with Gasteiger partial charge in [-0.2, -0.15) is 0 Å². The lowest BCUT2D eigenvalue weighted by atomic mass is 10.3. The molecule has 4 heteroatoms. The first-order valence-corrected chi connectivity index (χ1v) is 7.99. The molecule has 0 aliphatic carbocycles. The first-order valence-electron chi connectivity index (χ1n) is 5.46. The molecule has 0 aromatic carbocycles. The SMILES string of the molecule is CCO[Si](CC)(CC)CCCC(=O)O. The first kappa shape index (κ1) is 13.6. The predicted octanol–water partition coefficient (Wildman–Crippen LogP) is 2.87. The minimum Gasteiger partial charge on any atom is -0.481 e. The number of carboxylic acid groups (broad SMARTS) is 1. The van der Waals surface area contributed by atoms with Gasteiger partial charge in [0.25, 0.3) is 0 Å². The maximum Gasteiger partial charge on any atom is 0.303 e. The van der Waals surface area contributed by atoms with Crippen LogP contribution in [0.15, 0.2) is 0 Å². The molecule has 0 bridgehead atoms. The van der Waals surface area contributed by atoms with Crippen LogP contribution in [0, 0.1) is 0 Å². The highest BCUT2D eigenvalue weighted by atomic mass is 28.4. The summed E-state index contributed by atoms with van der Waals surface area (Å²) in [5, 5.41) is 8.56. The third kappa shape index (κ3) is 4.76. The van der Waals surface area contributed by atoms with Crippen LogP contribution in [0.2, 0.25) is 18.1 Å². The first-order chi connectivity index (χ1) is 6.60. The summed E-state index contributed by atoms with van der Waals surface area (Å²) in [5.41, 5.74) is 0. The van der Waals surface area contributed by atoms with Gasteiger partial charge in [-0.05, 0) is 31.5 Å². The zero-order valence-corrected chi connectivity index (χ0v) is 10.5. The Bertz CT molecular complexity index is 167. The van der Waals surface area contributed by atoms with E-state index in [0.29, 0.717) is 0 Å². The second-order valence-corrected chi connectivity index (χ2v) is 8.14. The molecule has 0 amide bonds. The Balaban J connectivity index is 4.00. The fraction of sp³-hybridized carbons (Fsp3) is 0.900. The molecule has 0 atom stereocenters. The van der Waals surface area contributed by atoms with E-state index in [9.17, 15) is 4.79 Å². The Kier molecular flexibility index (Phi) is 6.83. The second kappa shape index (κ2) is 7.01. The lowest BCUT2D eigenvalue weighted by Crippen LogP contribution is -2.36. The van der Waals surface area contributed by atoms with Gasteiger partial charge < -0.3 is 9.53 Å². The van der Waals surface area contributed by atoms with E-state index < -0.39 is 14.3 Å². The van der Waals surface area contributed by atoms with Gasteiger partial charge in [0, 0.05) is 13.0 Å². The van der Waals surface area contributed by atoms with Gasteiger partial charge in [-0.3, -0.25) is 4.79 Å². The Morgan fingerprint density at radius 2 is 1.86 bits per heavy atom. The van der Waals surface area contributed by atoms with Crippen LogP contribution in [0.1, 0.15) is 33.6 Å². The molecular formula is C10H22O3Si. The summed E-state index contributed by atoms with van der Waals surface area (Å²) >= 11 is 0. The number of hydrogen-bond donors (Lipinski definition) is 1. The van der Waals surface area contributed by atoms with Crippen molar-refractivity contribution in [2.45, 2.75) is 51.7 Å². The summed E-state index contributed by atoms with van der Waals surface area (Å²) in [6.45, 7) is 7.10. The zero-order chi connectivity index (χ0) is 11.0. The van der Waals surface area contributed by atoms with Crippen molar-refractivity contribution in [3.8, 4) is 0 Å². The normalized spacial score (nSPS) is 11.6. The van der Waals surface area contributed by atoms with Crippen LogP contribution in [0.5, 0.6) is 0 Å². The van der Waals surface area contributed by atoms with Crippen molar-refractivity contribution in [2.75, 3.05) is 6.61 Å². The van der Waals surface area contributed by atoms with E-state index in [-0.39, 0.29) is 6.42 Å². The van der Waals surface area contributed by atoms with Crippen molar-refractivity contribution in [3.63, 3.8) is 0 Å². The number of carboxylic acids is 1. The van der Waals surface area contributed by atoms with Crippen LogP contribution in [0.3, 0.4) is 0 Å². The number of hydrogen-bond acceptors (Lipinski definition) is 2. The predicted molar refractivity (Wildman–Crippen MR) is 60.0 cm³/mol. The molecule has 0 rings (SSSR count). The summed E-state index contributed by atoms with van der Waals surface area (Å²) in [5.74, 6) is -0.698. The van der Waals surface area contributed by atoms with Crippen LogP contribution in [-0.2, 0) is 9.22 Å². The molecule has 3 nitrogen and oxygen atoms in total. The van der Waals surface area contributed by atoms with Gasteiger partial charge in [-0.25, -0.2) is 0 Å². The van der Waals surface area contributed by atoms with E-state index in [2.05, 4.69) is 13.8 Å². The van der Waals surface area contributed by atoms with E-state index in [1.165, 1.54) is 0 Å². The maximum atomic E-state index is 10.4. The second-order valence-electron chi connectivity index (χ2n) is 3.57. The zero-order valence-electron chi connectivity index (χ0n) is 9.51. The molecule has 0 aliphatic rings. The van der Waals surface area contributed by atoms with Crippen LogP contribution >= 0.6 is 0 Å².